The maximum atomic E-state index is 12.3. The summed E-state index contributed by atoms with van der Waals surface area (Å²) >= 11 is 0. The molecule has 1 aromatic heterocycles. The fourth-order valence-electron chi connectivity index (χ4n) is 2.83. The molecule has 0 spiro atoms. The molecule has 1 fully saturated rings. The van der Waals surface area contributed by atoms with Crippen LogP contribution in [0.3, 0.4) is 0 Å². The van der Waals surface area contributed by atoms with Gasteiger partial charge in [-0.1, -0.05) is 6.92 Å². The second-order valence-corrected chi connectivity index (χ2v) is 6.17. The molecule has 0 radical (unpaired) electrons. The van der Waals surface area contributed by atoms with E-state index in [0.717, 1.165) is 17.0 Å². The number of likely N-dealkylation sites (N-methyl/N-ethyl adjacent to an activating group) is 1. The summed E-state index contributed by atoms with van der Waals surface area (Å²) < 4.78 is 0. The Hall–Kier alpha value is -2.38. The highest BCUT2D eigenvalue weighted by atomic mass is 16.2. The van der Waals surface area contributed by atoms with E-state index in [1.165, 1.54) is 4.90 Å². The number of rotatable bonds is 7. The van der Waals surface area contributed by atoms with Gasteiger partial charge in [-0.2, -0.15) is 5.10 Å². The van der Waals surface area contributed by atoms with Crippen LogP contribution < -0.4 is 5.32 Å². The first-order valence-electron chi connectivity index (χ1n) is 8.21. The van der Waals surface area contributed by atoms with Crippen LogP contribution in [0.2, 0.25) is 0 Å². The molecule has 1 aliphatic heterocycles. The molecule has 4 amide bonds. The van der Waals surface area contributed by atoms with Gasteiger partial charge in [-0.25, -0.2) is 4.79 Å². The molecule has 2 heterocycles. The predicted molar refractivity (Wildman–Crippen MR) is 88.3 cm³/mol. The van der Waals surface area contributed by atoms with E-state index in [-0.39, 0.29) is 18.2 Å². The summed E-state index contributed by atoms with van der Waals surface area (Å²) in [5.74, 6) is -0.476. The molecule has 1 atom stereocenters. The summed E-state index contributed by atoms with van der Waals surface area (Å²) in [5.41, 5.74) is 3.04. The molecule has 2 N–H and O–H groups in total. The Morgan fingerprint density at radius 2 is 2.04 bits per heavy atom. The van der Waals surface area contributed by atoms with Crippen molar-refractivity contribution in [2.75, 3.05) is 20.1 Å². The van der Waals surface area contributed by atoms with Gasteiger partial charge in [-0.15, -0.1) is 0 Å². The second kappa shape index (κ2) is 7.46. The molecule has 0 unspecified atom stereocenters. The molecule has 132 valence electrons. The van der Waals surface area contributed by atoms with Crippen LogP contribution in [-0.4, -0.2) is 64.0 Å². The van der Waals surface area contributed by atoms with Gasteiger partial charge < -0.3 is 10.2 Å². The second-order valence-electron chi connectivity index (χ2n) is 6.17. The van der Waals surface area contributed by atoms with Gasteiger partial charge in [0.15, 0.2) is 0 Å². The van der Waals surface area contributed by atoms with Gasteiger partial charge in [0.1, 0.15) is 6.04 Å². The lowest BCUT2D eigenvalue weighted by Gasteiger charge is -2.19. The summed E-state index contributed by atoms with van der Waals surface area (Å²) in [6.07, 6.45) is 1.39. The maximum absolute atomic E-state index is 12.3. The zero-order valence-electron chi connectivity index (χ0n) is 14.7. The van der Waals surface area contributed by atoms with E-state index < -0.39 is 12.1 Å². The Morgan fingerprint density at radius 3 is 2.62 bits per heavy atom. The third kappa shape index (κ3) is 3.74. The summed E-state index contributed by atoms with van der Waals surface area (Å²) in [6, 6.07) is -1.16. The molecule has 8 heteroatoms. The molecule has 0 aromatic carbocycles. The number of hydrogen-bond donors (Lipinski definition) is 2. The van der Waals surface area contributed by atoms with E-state index in [1.54, 1.807) is 11.9 Å². The fraction of sp³-hybridized carbons (Fsp3) is 0.625. The number of imide groups is 1. The lowest BCUT2D eigenvalue weighted by atomic mass is 10.1. The van der Waals surface area contributed by atoms with Crippen molar-refractivity contribution in [3.8, 4) is 0 Å². The van der Waals surface area contributed by atoms with Crippen molar-refractivity contribution in [3.05, 3.63) is 17.0 Å². The number of H-pyrrole nitrogens is 1. The van der Waals surface area contributed by atoms with Crippen LogP contribution in [0.25, 0.3) is 0 Å². The number of urea groups is 1. The average molecular weight is 335 g/mol. The van der Waals surface area contributed by atoms with Crippen LogP contribution in [0.4, 0.5) is 4.79 Å². The number of carbonyl (C=O) groups is 3. The van der Waals surface area contributed by atoms with Gasteiger partial charge in [0, 0.05) is 25.8 Å². The van der Waals surface area contributed by atoms with Crippen LogP contribution in [0.15, 0.2) is 0 Å². The minimum absolute atomic E-state index is 0.00929. The van der Waals surface area contributed by atoms with Gasteiger partial charge >= 0.3 is 6.03 Å². The van der Waals surface area contributed by atoms with Crippen molar-refractivity contribution < 1.29 is 14.4 Å². The van der Waals surface area contributed by atoms with E-state index in [0.29, 0.717) is 25.9 Å². The minimum atomic E-state index is -0.753. The van der Waals surface area contributed by atoms with Crippen molar-refractivity contribution >= 4 is 17.8 Å². The van der Waals surface area contributed by atoms with Gasteiger partial charge in [-0.05, 0) is 32.3 Å². The molecule has 1 saturated heterocycles. The largest absolute Gasteiger partial charge is 0.345 e. The minimum Gasteiger partial charge on any atom is -0.345 e. The van der Waals surface area contributed by atoms with Gasteiger partial charge in [0.05, 0.1) is 12.1 Å². The van der Waals surface area contributed by atoms with Crippen LogP contribution in [0.5, 0.6) is 0 Å². The van der Waals surface area contributed by atoms with Crippen LogP contribution in [-0.2, 0) is 16.0 Å². The lowest BCUT2D eigenvalue weighted by molar-refractivity contribution is -0.134. The van der Waals surface area contributed by atoms with Gasteiger partial charge in [0.2, 0.25) is 5.91 Å². The zero-order valence-corrected chi connectivity index (χ0v) is 14.7. The smallest absolute Gasteiger partial charge is 0.324 e. The normalized spacial score (nSPS) is 17.3. The Morgan fingerprint density at radius 1 is 1.33 bits per heavy atom. The van der Waals surface area contributed by atoms with E-state index in [9.17, 15) is 14.4 Å². The first kappa shape index (κ1) is 18.0. The fourth-order valence-corrected chi connectivity index (χ4v) is 2.83. The third-order valence-corrected chi connectivity index (χ3v) is 4.34. The summed E-state index contributed by atoms with van der Waals surface area (Å²) in [4.78, 5) is 39.0. The van der Waals surface area contributed by atoms with E-state index in [4.69, 9.17) is 0 Å². The highest BCUT2D eigenvalue weighted by Gasteiger charge is 2.38. The first-order chi connectivity index (χ1) is 11.3. The van der Waals surface area contributed by atoms with Crippen molar-refractivity contribution in [2.24, 2.45) is 0 Å². The number of aromatic nitrogens is 2. The topological polar surface area (TPSA) is 98.4 Å². The summed E-state index contributed by atoms with van der Waals surface area (Å²) in [7, 11) is 1.71. The number of amides is 4. The average Bonchev–Trinajstić information content (AvgIpc) is 2.99. The van der Waals surface area contributed by atoms with E-state index in [1.807, 2.05) is 20.8 Å². The van der Waals surface area contributed by atoms with E-state index in [2.05, 4.69) is 15.5 Å². The van der Waals surface area contributed by atoms with Crippen molar-refractivity contribution in [2.45, 2.75) is 46.1 Å². The summed E-state index contributed by atoms with van der Waals surface area (Å²) in [6.45, 7) is 6.69. The molecular weight excluding hydrogens is 310 g/mol. The van der Waals surface area contributed by atoms with Gasteiger partial charge in [-0.3, -0.25) is 19.6 Å². The number of aromatic amines is 1. The summed E-state index contributed by atoms with van der Waals surface area (Å²) in [5, 5.41) is 9.65. The maximum Gasteiger partial charge on any atom is 0.324 e. The SMILES string of the molecule is CCCN1C(=O)N[C@@H](CC(=O)N(C)CCc2c(C)n[nH]c2C)C1=O. The molecule has 2 rings (SSSR count). The monoisotopic (exact) mass is 335 g/mol. The number of hydrogen-bond acceptors (Lipinski definition) is 4. The molecule has 0 bridgehead atoms. The van der Waals surface area contributed by atoms with Crippen LogP contribution >= 0.6 is 0 Å². The molecule has 0 saturated carbocycles. The highest BCUT2D eigenvalue weighted by molar-refractivity contribution is 6.05. The van der Waals surface area contributed by atoms with Crippen LogP contribution in [0.1, 0.15) is 36.7 Å². The number of nitrogens with one attached hydrogen (secondary N) is 2. The highest BCUT2D eigenvalue weighted by Crippen LogP contribution is 2.13. The molecule has 8 nitrogen and oxygen atoms in total. The number of nitrogens with zero attached hydrogens (tertiary/aromatic N) is 3. The Bertz CT molecular complexity index is 620. The van der Waals surface area contributed by atoms with E-state index >= 15 is 0 Å². The third-order valence-electron chi connectivity index (χ3n) is 4.34. The van der Waals surface area contributed by atoms with Crippen LogP contribution in [0, 0.1) is 13.8 Å². The lowest BCUT2D eigenvalue weighted by Crippen LogP contribution is -2.38. The van der Waals surface area contributed by atoms with Crippen molar-refractivity contribution in [1.29, 1.82) is 0 Å². The quantitative estimate of drug-likeness (QED) is 0.718. The molecule has 1 aromatic rings. The van der Waals surface area contributed by atoms with Gasteiger partial charge in [0.25, 0.3) is 5.91 Å². The zero-order chi connectivity index (χ0) is 17.9. The predicted octanol–water partition coefficient (Wildman–Crippen LogP) is 0.748. The molecule has 0 aliphatic carbocycles. The Kier molecular flexibility index (Phi) is 5.58. The Labute approximate surface area is 141 Å². The number of carbonyl (C=O) groups excluding carboxylic acids is 3. The van der Waals surface area contributed by atoms with Crippen molar-refractivity contribution in [1.82, 2.24) is 25.3 Å². The first-order valence-corrected chi connectivity index (χ1v) is 8.21. The Balaban J connectivity index is 1.88. The number of aryl methyl sites for hydroxylation is 2. The van der Waals surface area contributed by atoms with Crippen molar-refractivity contribution in [3.63, 3.8) is 0 Å². The molecule has 24 heavy (non-hydrogen) atoms. The standard InChI is InChI=1S/C16H25N5O3/c1-5-7-21-15(23)13(17-16(21)24)9-14(22)20(4)8-6-12-10(2)18-19-11(12)3/h13H,5-9H2,1-4H3,(H,17,24)(H,18,19)/t13-/m0/s1. The molecule has 1 aliphatic rings. The molecular formula is C16H25N5O3.